The van der Waals surface area contributed by atoms with Gasteiger partial charge in [0.15, 0.2) is 0 Å². The van der Waals surface area contributed by atoms with Gasteiger partial charge in [-0.15, -0.1) is 10.2 Å². The normalized spacial score (nSPS) is 14.3. The standard InChI is InChI=1S/C28H34ClN7O/c1-2-3-13-25-26(29)35(17-16-20-9-5-4-6-10-20)28(37)36(25)19-22-15-14-21(18-30-22)23-11-7-8-12-24(23)27-31-33-34-32-27/h7-8,11-12,14-15,18,20H,2-6,9-10,13,16-17,19H2,1H3,(H,31,32,33,34). The maximum Gasteiger partial charge on any atom is 0.329 e. The van der Waals surface area contributed by atoms with E-state index in [4.69, 9.17) is 16.6 Å². The fraction of sp³-hybridized carbons (Fsp3) is 0.464. The highest BCUT2D eigenvalue weighted by Gasteiger charge is 2.21. The second kappa shape index (κ2) is 11.9. The minimum Gasteiger partial charge on any atom is -0.289 e. The SMILES string of the molecule is CCCCc1c(Cl)n(CCC2CCCCC2)c(=O)n1Cc1ccc(-c2ccccc2-c2nn[nH]n2)cn1. The Morgan fingerprint density at radius 3 is 2.57 bits per heavy atom. The third-order valence-corrected chi connectivity index (χ3v) is 7.91. The molecule has 0 atom stereocenters. The van der Waals surface area contributed by atoms with Crippen LogP contribution in [-0.4, -0.2) is 34.7 Å². The average molecular weight is 520 g/mol. The number of pyridine rings is 1. The highest BCUT2D eigenvalue weighted by atomic mass is 35.5. The first-order valence-corrected chi connectivity index (χ1v) is 13.8. The molecular weight excluding hydrogens is 486 g/mol. The number of imidazole rings is 1. The third-order valence-electron chi connectivity index (χ3n) is 7.48. The number of aromatic amines is 1. The lowest BCUT2D eigenvalue weighted by molar-refractivity contribution is 0.322. The molecule has 0 radical (unpaired) electrons. The minimum absolute atomic E-state index is 0.0276. The first kappa shape index (κ1) is 25.4. The topological polar surface area (TPSA) is 94.3 Å². The smallest absolute Gasteiger partial charge is 0.289 e. The van der Waals surface area contributed by atoms with Crippen LogP contribution in [0.25, 0.3) is 22.5 Å². The van der Waals surface area contributed by atoms with E-state index in [-0.39, 0.29) is 5.69 Å². The second-order valence-electron chi connectivity index (χ2n) is 9.97. The van der Waals surface area contributed by atoms with Gasteiger partial charge in [-0.1, -0.05) is 87.4 Å². The van der Waals surface area contributed by atoms with Crippen LogP contribution in [0.2, 0.25) is 5.15 Å². The predicted octanol–water partition coefficient (Wildman–Crippen LogP) is 5.91. The summed E-state index contributed by atoms with van der Waals surface area (Å²) >= 11 is 6.83. The van der Waals surface area contributed by atoms with Crippen LogP contribution in [0.5, 0.6) is 0 Å². The van der Waals surface area contributed by atoms with Crippen molar-refractivity contribution in [3.8, 4) is 22.5 Å². The van der Waals surface area contributed by atoms with Gasteiger partial charge in [0.05, 0.1) is 17.9 Å². The fourth-order valence-corrected chi connectivity index (χ4v) is 5.74. The van der Waals surface area contributed by atoms with Gasteiger partial charge in [-0.25, -0.2) is 4.79 Å². The molecule has 0 unspecified atom stereocenters. The Labute approximate surface area is 222 Å². The van der Waals surface area contributed by atoms with E-state index >= 15 is 0 Å². The van der Waals surface area contributed by atoms with Crippen LogP contribution in [0.1, 0.15) is 69.7 Å². The third kappa shape index (κ3) is 5.69. The van der Waals surface area contributed by atoms with Gasteiger partial charge in [0.25, 0.3) is 0 Å². The summed E-state index contributed by atoms with van der Waals surface area (Å²) in [5.41, 5.74) is 4.52. The number of benzene rings is 1. The lowest BCUT2D eigenvalue weighted by atomic mass is 9.87. The number of nitrogens with zero attached hydrogens (tertiary/aromatic N) is 6. The van der Waals surface area contributed by atoms with E-state index in [1.807, 2.05) is 47.2 Å². The van der Waals surface area contributed by atoms with E-state index in [2.05, 4.69) is 27.5 Å². The van der Waals surface area contributed by atoms with Gasteiger partial charge in [0.1, 0.15) is 5.15 Å². The summed E-state index contributed by atoms with van der Waals surface area (Å²) in [5.74, 6) is 1.24. The van der Waals surface area contributed by atoms with Crippen molar-refractivity contribution in [1.29, 1.82) is 0 Å². The molecule has 0 bridgehead atoms. The summed E-state index contributed by atoms with van der Waals surface area (Å²) in [5, 5.41) is 15.0. The number of hydrogen-bond donors (Lipinski definition) is 1. The number of halogens is 1. The summed E-state index contributed by atoms with van der Waals surface area (Å²) < 4.78 is 3.62. The van der Waals surface area contributed by atoms with E-state index in [9.17, 15) is 4.79 Å². The van der Waals surface area contributed by atoms with E-state index in [1.165, 1.54) is 32.1 Å². The first-order valence-electron chi connectivity index (χ1n) is 13.4. The summed E-state index contributed by atoms with van der Waals surface area (Å²) in [6.07, 6.45) is 12.2. The molecule has 9 heteroatoms. The highest BCUT2D eigenvalue weighted by Crippen LogP contribution is 2.30. The fourth-order valence-electron chi connectivity index (χ4n) is 5.38. The zero-order chi connectivity index (χ0) is 25.6. The zero-order valence-electron chi connectivity index (χ0n) is 21.4. The van der Waals surface area contributed by atoms with Crippen molar-refractivity contribution in [2.45, 2.75) is 77.8 Å². The maximum atomic E-state index is 13.5. The monoisotopic (exact) mass is 519 g/mol. The molecule has 37 heavy (non-hydrogen) atoms. The number of rotatable bonds is 10. The number of aromatic nitrogens is 7. The number of hydrogen-bond acceptors (Lipinski definition) is 5. The van der Waals surface area contributed by atoms with Crippen LogP contribution in [0.4, 0.5) is 0 Å². The molecule has 0 amide bonds. The van der Waals surface area contributed by atoms with Crippen molar-refractivity contribution in [2.75, 3.05) is 0 Å². The van der Waals surface area contributed by atoms with E-state index in [0.29, 0.717) is 30.0 Å². The molecule has 0 spiro atoms. The molecule has 1 aliphatic rings. The van der Waals surface area contributed by atoms with Gasteiger partial charge in [0, 0.05) is 23.9 Å². The van der Waals surface area contributed by atoms with E-state index < -0.39 is 0 Å². The van der Waals surface area contributed by atoms with Gasteiger partial charge in [-0.05, 0) is 42.0 Å². The van der Waals surface area contributed by atoms with Gasteiger partial charge < -0.3 is 0 Å². The summed E-state index contributed by atoms with van der Waals surface area (Å²) in [4.78, 5) is 18.2. The molecule has 1 N–H and O–H groups in total. The lowest BCUT2D eigenvalue weighted by Crippen LogP contribution is -2.27. The first-order chi connectivity index (χ1) is 18.2. The van der Waals surface area contributed by atoms with E-state index in [1.54, 1.807) is 4.57 Å². The molecule has 1 aliphatic carbocycles. The summed E-state index contributed by atoms with van der Waals surface area (Å²) in [7, 11) is 0. The molecule has 5 rings (SSSR count). The van der Waals surface area contributed by atoms with Crippen LogP contribution in [0.15, 0.2) is 47.4 Å². The van der Waals surface area contributed by atoms with Crippen LogP contribution >= 0.6 is 11.6 Å². The summed E-state index contributed by atoms with van der Waals surface area (Å²) in [6.45, 7) is 3.25. The van der Waals surface area contributed by atoms with Crippen LogP contribution < -0.4 is 5.69 Å². The Morgan fingerprint density at radius 2 is 1.86 bits per heavy atom. The molecular formula is C28H34ClN7O. The lowest BCUT2D eigenvalue weighted by Gasteiger charge is -2.21. The van der Waals surface area contributed by atoms with Crippen molar-refractivity contribution in [2.24, 2.45) is 5.92 Å². The Morgan fingerprint density at radius 1 is 1.05 bits per heavy atom. The molecule has 1 saturated carbocycles. The van der Waals surface area contributed by atoms with Crippen molar-refractivity contribution in [3.05, 3.63) is 69.6 Å². The molecule has 0 saturated heterocycles. The van der Waals surface area contributed by atoms with Gasteiger partial charge in [0.2, 0.25) is 5.82 Å². The molecule has 8 nitrogen and oxygen atoms in total. The quantitative estimate of drug-likeness (QED) is 0.281. The Bertz CT molecular complexity index is 1350. The number of H-pyrrole nitrogens is 1. The minimum atomic E-state index is -0.0276. The molecule has 0 aliphatic heterocycles. The number of nitrogens with one attached hydrogen (secondary N) is 1. The molecule has 1 aromatic carbocycles. The Hall–Kier alpha value is -3.26. The average Bonchev–Trinajstić information content (AvgIpc) is 3.55. The van der Waals surface area contributed by atoms with Crippen molar-refractivity contribution >= 4 is 11.6 Å². The molecule has 3 aromatic heterocycles. The van der Waals surface area contributed by atoms with Crippen LogP contribution in [0.3, 0.4) is 0 Å². The van der Waals surface area contributed by atoms with Gasteiger partial charge in [-0.2, -0.15) is 5.21 Å². The van der Waals surface area contributed by atoms with Crippen molar-refractivity contribution < 1.29 is 0 Å². The Kier molecular flexibility index (Phi) is 8.14. The van der Waals surface area contributed by atoms with E-state index in [0.717, 1.165) is 53.8 Å². The maximum absolute atomic E-state index is 13.5. The van der Waals surface area contributed by atoms with Crippen molar-refractivity contribution in [3.63, 3.8) is 0 Å². The zero-order valence-corrected chi connectivity index (χ0v) is 22.1. The summed E-state index contributed by atoms with van der Waals surface area (Å²) in [6, 6.07) is 11.9. The van der Waals surface area contributed by atoms with Crippen LogP contribution in [0, 0.1) is 5.92 Å². The molecule has 3 heterocycles. The Balaban J connectivity index is 1.39. The van der Waals surface area contributed by atoms with Crippen molar-refractivity contribution in [1.82, 2.24) is 34.7 Å². The second-order valence-corrected chi connectivity index (χ2v) is 10.3. The van der Waals surface area contributed by atoms with Crippen LogP contribution in [-0.2, 0) is 19.5 Å². The molecule has 194 valence electrons. The molecule has 1 fully saturated rings. The number of unbranched alkanes of at least 4 members (excludes halogenated alkanes) is 1. The predicted molar refractivity (Wildman–Crippen MR) is 145 cm³/mol. The highest BCUT2D eigenvalue weighted by molar-refractivity contribution is 6.30. The molecule has 4 aromatic rings. The van der Waals surface area contributed by atoms with Gasteiger partial charge >= 0.3 is 5.69 Å². The van der Waals surface area contributed by atoms with Gasteiger partial charge in [-0.3, -0.25) is 14.1 Å². The largest absolute Gasteiger partial charge is 0.329 e. The number of tetrazole rings is 1.